The standard InChI is InChI=1S/C22H44N2O5/c1-9-18-21(7,27)19(25)17(6)24(8)12-13(2)11-22(23,28)16(5)14(3)10-15(4)20(26)29-18/h13-19,25,27-28H,9-12,23H2,1-8H3/t13-,14+,15-,16-,17-,18-,19-,21-,22-/m1/s1. The normalized spacial score (nSPS) is 47.2. The fraction of sp³-hybridized carbons (Fsp3) is 0.955. The number of hydrogen-bond acceptors (Lipinski definition) is 7. The highest BCUT2D eigenvalue weighted by atomic mass is 16.6. The molecule has 29 heavy (non-hydrogen) atoms. The number of rotatable bonds is 1. The van der Waals surface area contributed by atoms with Crippen molar-refractivity contribution in [1.82, 2.24) is 4.90 Å². The lowest BCUT2D eigenvalue weighted by Crippen LogP contribution is -2.59. The molecule has 0 aromatic heterocycles. The SMILES string of the molecule is CC[C@H]1OC(=O)[C@H](C)C[C@H](C)[C@@H](C)[C@](N)(O)C[C@@H](C)CN(C)[C@H](C)[C@@H](O)[C@]1(C)O. The van der Waals surface area contributed by atoms with E-state index in [0.717, 1.165) is 0 Å². The number of esters is 1. The highest BCUT2D eigenvalue weighted by Gasteiger charge is 2.45. The van der Waals surface area contributed by atoms with Gasteiger partial charge in [0.1, 0.15) is 23.5 Å². The minimum atomic E-state index is -1.59. The first-order valence-corrected chi connectivity index (χ1v) is 11.0. The van der Waals surface area contributed by atoms with E-state index in [1.165, 1.54) is 6.92 Å². The molecule has 0 aromatic rings. The molecule has 1 heterocycles. The largest absolute Gasteiger partial charge is 0.459 e. The third kappa shape index (κ3) is 6.37. The summed E-state index contributed by atoms with van der Waals surface area (Å²) in [5.74, 6) is -0.941. The number of carbonyl (C=O) groups is 1. The van der Waals surface area contributed by atoms with E-state index in [1.807, 2.05) is 46.6 Å². The average Bonchev–Trinajstić information content (AvgIpc) is 2.61. The van der Waals surface area contributed by atoms with E-state index in [0.29, 0.717) is 25.8 Å². The predicted molar refractivity (Wildman–Crippen MR) is 114 cm³/mol. The Kier molecular flexibility index (Phi) is 9.12. The molecule has 0 saturated carbocycles. The summed E-state index contributed by atoms with van der Waals surface area (Å²) >= 11 is 0. The fourth-order valence-electron chi connectivity index (χ4n) is 4.61. The Morgan fingerprint density at radius 1 is 1.21 bits per heavy atom. The minimum Gasteiger partial charge on any atom is -0.459 e. The van der Waals surface area contributed by atoms with Crippen LogP contribution in [0, 0.1) is 23.7 Å². The molecule has 7 nitrogen and oxygen atoms in total. The molecule has 0 unspecified atom stereocenters. The van der Waals surface area contributed by atoms with Gasteiger partial charge >= 0.3 is 5.97 Å². The molecule has 0 amide bonds. The van der Waals surface area contributed by atoms with Crippen molar-refractivity contribution in [1.29, 1.82) is 0 Å². The van der Waals surface area contributed by atoms with Crippen LogP contribution in [0.25, 0.3) is 0 Å². The van der Waals surface area contributed by atoms with Gasteiger partial charge in [0, 0.05) is 18.5 Å². The van der Waals surface area contributed by atoms with Crippen LogP contribution in [0.5, 0.6) is 0 Å². The number of aliphatic hydroxyl groups is 3. The van der Waals surface area contributed by atoms with Gasteiger partial charge in [0.25, 0.3) is 0 Å². The highest BCUT2D eigenvalue weighted by Crippen LogP contribution is 2.33. The van der Waals surface area contributed by atoms with Crippen molar-refractivity contribution in [3.05, 3.63) is 0 Å². The Bertz CT molecular complexity index is 539. The van der Waals surface area contributed by atoms with Crippen molar-refractivity contribution in [2.45, 2.75) is 97.3 Å². The van der Waals surface area contributed by atoms with Gasteiger partial charge in [-0.15, -0.1) is 0 Å². The molecular weight excluding hydrogens is 372 g/mol. The van der Waals surface area contributed by atoms with Crippen molar-refractivity contribution in [3.63, 3.8) is 0 Å². The molecule has 5 N–H and O–H groups in total. The van der Waals surface area contributed by atoms with Crippen LogP contribution in [0.3, 0.4) is 0 Å². The van der Waals surface area contributed by atoms with Gasteiger partial charge in [-0.2, -0.15) is 0 Å². The Morgan fingerprint density at radius 3 is 2.28 bits per heavy atom. The maximum atomic E-state index is 12.7. The molecule has 0 radical (unpaired) electrons. The van der Waals surface area contributed by atoms with Crippen LogP contribution in [-0.4, -0.2) is 69.4 Å². The smallest absolute Gasteiger partial charge is 0.309 e. The molecule has 1 saturated heterocycles. The van der Waals surface area contributed by atoms with Crippen LogP contribution in [-0.2, 0) is 9.53 Å². The number of nitrogens with zero attached hydrogens (tertiary/aromatic N) is 1. The number of ether oxygens (including phenoxy) is 1. The lowest BCUT2D eigenvalue weighted by atomic mass is 9.78. The summed E-state index contributed by atoms with van der Waals surface area (Å²) in [4.78, 5) is 14.7. The second-order valence-corrected chi connectivity index (χ2v) is 9.89. The second kappa shape index (κ2) is 10.1. The van der Waals surface area contributed by atoms with Crippen LogP contribution >= 0.6 is 0 Å². The van der Waals surface area contributed by atoms with Gasteiger partial charge < -0.3 is 30.7 Å². The highest BCUT2D eigenvalue weighted by molar-refractivity contribution is 5.72. The molecule has 9 atom stereocenters. The lowest BCUT2D eigenvalue weighted by molar-refractivity contribution is -0.189. The monoisotopic (exact) mass is 416 g/mol. The van der Waals surface area contributed by atoms with Crippen LogP contribution < -0.4 is 5.73 Å². The minimum absolute atomic E-state index is 0.00714. The topological polar surface area (TPSA) is 116 Å². The molecule has 0 aliphatic carbocycles. The van der Waals surface area contributed by atoms with Crippen molar-refractivity contribution >= 4 is 5.97 Å². The van der Waals surface area contributed by atoms with Gasteiger partial charge in [0.15, 0.2) is 0 Å². The zero-order valence-corrected chi connectivity index (χ0v) is 19.6. The van der Waals surface area contributed by atoms with E-state index in [9.17, 15) is 20.1 Å². The number of hydrogen-bond donors (Lipinski definition) is 4. The van der Waals surface area contributed by atoms with Crippen LogP contribution in [0.15, 0.2) is 0 Å². The Hall–Kier alpha value is -0.730. The number of nitrogens with two attached hydrogens (primary N) is 1. The van der Waals surface area contributed by atoms with E-state index in [4.69, 9.17) is 10.5 Å². The van der Waals surface area contributed by atoms with Gasteiger partial charge in [-0.05, 0) is 52.0 Å². The molecule has 1 fully saturated rings. The molecular formula is C22H44N2O5. The van der Waals surface area contributed by atoms with E-state index in [1.54, 1.807) is 6.92 Å². The summed E-state index contributed by atoms with van der Waals surface area (Å²) in [5, 5.41) is 32.9. The number of likely N-dealkylation sites (N-methyl/N-ethyl adjacent to an activating group) is 1. The third-order valence-corrected chi connectivity index (χ3v) is 7.08. The van der Waals surface area contributed by atoms with Gasteiger partial charge in [0.05, 0.1) is 5.92 Å². The number of carbonyl (C=O) groups excluding carboxylic acids is 1. The fourth-order valence-corrected chi connectivity index (χ4v) is 4.61. The zero-order valence-electron chi connectivity index (χ0n) is 19.6. The molecule has 0 spiro atoms. The van der Waals surface area contributed by atoms with Crippen LogP contribution in [0.1, 0.15) is 67.7 Å². The van der Waals surface area contributed by atoms with Crippen molar-refractivity contribution < 1.29 is 24.9 Å². The summed E-state index contributed by atoms with van der Waals surface area (Å²) in [6.45, 7) is 13.5. The van der Waals surface area contributed by atoms with Gasteiger partial charge in [-0.3, -0.25) is 4.79 Å². The summed E-state index contributed by atoms with van der Waals surface area (Å²) in [6, 6.07) is -0.384. The van der Waals surface area contributed by atoms with Gasteiger partial charge in [-0.25, -0.2) is 0 Å². The lowest BCUT2D eigenvalue weighted by Gasteiger charge is -2.42. The molecule has 1 aliphatic heterocycles. The van der Waals surface area contributed by atoms with E-state index in [2.05, 4.69) is 0 Å². The van der Waals surface area contributed by atoms with Crippen LogP contribution in [0.4, 0.5) is 0 Å². The van der Waals surface area contributed by atoms with Crippen molar-refractivity contribution in [3.8, 4) is 0 Å². The molecule has 1 aliphatic rings. The van der Waals surface area contributed by atoms with E-state index < -0.39 is 35.4 Å². The Morgan fingerprint density at radius 2 is 1.76 bits per heavy atom. The summed E-state index contributed by atoms with van der Waals surface area (Å²) in [5.41, 5.74) is 3.34. The number of cyclic esters (lactones) is 1. The van der Waals surface area contributed by atoms with E-state index >= 15 is 0 Å². The molecule has 172 valence electrons. The predicted octanol–water partition coefficient (Wildman–Crippen LogP) is 1.73. The quantitative estimate of drug-likeness (QED) is 0.380. The Labute approximate surface area is 176 Å². The molecule has 1 rings (SSSR count). The summed E-state index contributed by atoms with van der Waals surface area (Å²) in [6.07, 6.45) is -0.620. The maximum absolute atomic E-state index is 12.7. The first kappa shape index (κ1) is 26.3. The zero-order chi connectivity index (χ0) is 22.7. The molecule has 0 aromatic carbocycles. The van der Waals surface area contributed by atoms with Crippen molar-refractivity contribution in [2.75, 3.05) is 13.6 Å². The first-order chi connectivity index (χ1) is 13.1. The molecule has 0 bridgehead atoms. The number of aliphatic hydroxyl groups excluding tert-OH is 1. The third-order valence-electron chi connectivity index (χ3n) is 7.08. The maximum Gasteiger partial charge on any atom is 0.309 e. The van der Waals surface area contributed by atoms with Crippen molar-refractivity contribution in [2.24, 2.45) is 29.4 Å². The van der Waals surface area contributed by atoms with Crippen LogP contribution in [0.2, 0.25) is 0 Å². The molecule has 7 heteroatoms. The first-order valence-electron chi connectivity index (χ1n) is 11.0. The summed E-state index contributed by atoms with van der Waals surface area (Å²) < 4.78 is 5.65. The van der Waals surface area contributed by atoms with Gasteiger partial charge in [0.2, 0.25) is 0 Å². The van der Waals surface area contributed by atoms with Gasteiger partial charge in [-0.1, -0.05) is 34.6 Å². The Balaban J connectivity index is 3.27. The summed E-state index contributed by atoms with van der Waals surface area (Å²) in [7, 11) is 1.87. The average molecular weight is 417 g/mol. The van der Waals surface area contributed by atoms with E-state index in [-0.39, 0.29) is 23.8 Å². The second-order valence-electron chi connectivity index (χ2n) is 9.89.